The number of ether oxygens (including phenoxy) is 1. The summed E-state index contributed by atoms with van der Waals surface area (Å²) in [6.07, 6.45) is 3.07. The molecular formula is C38H29N2OS+. The lowest BCUT2D eigenvalue weighted by molar-refractivity contribution is -0.645. The highest BCUT2D eigenvalue weighted by Crippen LogP contribution is 2.44. The summed E-state index contributed by atoms with van der Waals surface area (Å²) in [6, 6.07) is 39.5. The summed E-state index contributed by atoms with van der Waals surface area (Å²) in [5.74, 6) is 0.925. The molecule has 8 rings (SSSR count). The number of hydrogen-bond donors (Lipinski definition) is 0. The molecule has 2 aromatic heterocycles. The molecule has 0 fully saturated rings. The van der Waals surface area contributed by atoms with Crippen molar-refractivity contribution >= 4 is 64.8 Å². The number of fused-ring (bicyclic) bond motifs is 6. The molecule has 0 amide bonds. The Hall–Kier alpha value is -4.80. The molecule has 202 valence electrons. The van der Waals surface area contributed by atoms with E-state index in [-0.39, 0.29) is 0 Å². The van der Waals surface area contributed by atoms with Gasteiger partial charge in [0.2, 0.25) is 0 Å². The van der Waals surface area contributed by atoms with Crippen LogP contribution in [0.2, 0.25) is 0 Å². The Labute approximate surface area is 248 Å². The molecule has 0 atom stereocenters. The van der Waals surface area contributed by atoms with Crippen molar-refractivity contribution in [2.24, 2.45) is 7.05 Å². The molecule has 0 spiro atoms. The van der Waals surface area contributed by atoms with Crippen LogP contribution >= 0.6 is 11.3 Å². The number of para-hydroxylation sites is 1. The minimum absolute atomic E-state index is 0.698. The Morgan fingerprint density at radius 2 is 1.50 bits per heavy atom. The predicted octanol–water partition coefficient (Wildman–Crippen LogP) is 9.86. The van der Waals surface area contributed by atoms with Crippen molar-refractivity contribution < 1.29 is 9.30 Å². The van der Waals surface area contributed by atoms with Crippen LogP contribution in [-0.4, -0.2) is 11.6 Å². The lowest BCUT2D eigenvalue weighted by atomic mass is 9.87. The predicted molar refractivity (Wildman–Crippen MR) is 177 cm³/mol. The van der Waals surface area contributed by atoms with Crippen LogP contribution in [0.25, 0.3) is 75.1 Å². The summed E-state index contributed by atoms with van der Waals surface area (Å²) >= 11 is 1.76. The summed E-state index contributed by atoms with van der Waals surface area (Å²) in [6.45, 7) is 2.84. The fraction of sp³-hybridized carbons (Fsp3) is 0.105. The lowest BCUT2D eigenvalue weighted by Gasteiger charge is -2.17. The number of benzene rings is 6. The first-order chi connectivity index (χ1) is 20.7. The number of aromatic nitrogens is 2. The van der Waals surface area contributed by atoms with Crippen LogP contribution in [0.5, 0.6) is 5.75 Å². The monoisotopic (exact) mass is 561 g/mol. The molecule has 2 heterocycles. The number of aryl methyl sites for hydroxylation is 1. The molecule has 8 aromatic rings. The van der Waals surface area contributed by atoms with Crippen LogP contribution in [-0.2, 0) is 7.05 Å². The molecule has 0 saturated carbocycles. The van der Waals surface area contributed by atoms with Gasteiger partial charge in [0.25, 0.3) is 5.52 Å². The van der Waals surface area contributed by atoms with Gasteiger partial charge in [-0.2, -0.15) is 4.57 Å². The average molecular weight is 562 g/mol. The van der Waals surface area contributed by atoms with Gasteiger partial charge in [-0.05, 0) is 86.3 Å². The van der Waals surface area contributed by atoms with Gasteiger partial charge in [0, 0.05) is 11.6 Å². The van der Waals surface area contributed by atoms with Crippen molar-refractivity contribution in [3.63, 3.8) is 0 Å². The quantitative estimate of drug-likeness (QED) is 0.119. The summed E-state index contributed by atoms with van der Waals surface area (Å²) < 4.78 is 9.61. The van der Waals surface area contributed by atoms with Crippen molar-refractivity contribution in [2.45, 2.75) is 13.3 Å². The van der Waals surface area contributed by atoms with E-state index in [1.165, 1.54) is 59.1 Å². The van der Waals surface area contributed by atoms with Crippen molar-refractivity contribution in [1.82, 2.24) is 4.98 Å². The fourth-order valence-electron chi connectivity index (χ4n) is 6.38. The normalized spacial score (nSPS) is 11.8. The van der Waals surface area contributed by atoms with Crippen molar-refractivity contribution in [3.05, 3.63) is 115 Å². The maximum Gasteiger partial charge on any atom is 0.255 e. The Bertz CT molecular complexity index is 2280. The third kappa shape index (κ3) is 3.87. The maximum absolute atomic E-state index is 6.22. The van der Waals surface area contributed by atoms with Gasteiger partial charge < -0.3 is 4.74 Å². The first-order valence-corrected chi connectivity index (χ1v) is 15.3. The molecule has 6 aromatic carbocycles. The highest BCUT2D eigenvalue weighted by molar-refractivity contribution is 7.21. The molecule has 0 unspecified atom stereocenters. The SMILES string of the molecule is CCCOc1ccc(-c2c3ccccc3cc3c2ccc2c(-c4nc5ccccc5s4)cccc23)c2ccc[n+](C)c12. The van der Waals surface area contributed by atoms with Gasteiger partial charge in [0.05, 0.1) is 22.2 Å². The number of rotatable bonds is 5. The molecule has 0 aliphatic heterocycles. The van der Waals surface area contributed by atoms with E-state index in [9.17, 15) is 0 Å². The highest BCUT2D eigenvalue weighted by atomic mass is 32.1. The Morgan fingerprint density at radius 3 is 2.40 bits per heavy atom. The van der Waals surface area contributed by atoms with E-state index in [0.29, 0.717) is 6.61 Å². The van der Waals surface area contributed by atoms with E-state index in [1.807, 2.05) is 0 Å². The highest BCUT2D eigenvalue weighted by Gasteiger charge is 2.21. The van der Waals surface area contributed by atoms with E-state index in [2.05, 4.69) is 134 Å². The zero-order valence-corrected chi connectivity index (χ0v) is 24.4. The molecule has 4 heteroatoms. The molecule has 0 radical (unpaired) electrons. The molecule has 0 bridgehead atoms. The third-order valence-electron chi connectivity index (χ3n) is 8.26. The number of hydrogen-bond acceptors (Lipinski definition) is 3. The zero-order valence-electron chi connectivity index (χ0n) is 23.6. The molecule has 3 nitrogen and oxygen atoms in total. The molecule has 0 aliphatic rings. The van der Waals surface area contributed by atoms with E-state index in [1.54, 1.807) is 11.3 Å². The van der Waals surface area contributed by atoms with E-state index in [0.717, 1.165) is 28.2 Å². The Morgan fingerprint density at radius 1 is 0.690 bits per heavy atom. The van der Waals surface area contributed by atoms with Crippen LogP contribution in [0.3, 0.4) is 0 Å². The Balaban J connectivity index is 1.45. The second kappa shape index (κ2) is 9.93. The van der Waals surface area contributed by atoms with Crippen LogP contribution < -0.4 is 9.30 Å². The molecule has 0 N–H and O–H groups in total. The second-order valence-electron chi connectivity index (χ2n) is 10.9. The van der Waals surface area contributed by atoms with Gasteiger partial charge in [-0.15, -0.1) is 11.3 Å². The minimum atomic E-state index is 0.698. The molecule has 0 aliphatic carbocycles. The average Bonchev–Trinajstić information content (AvgIpc) is 3.47. The third-order valence-corrected chi connectivity index (χ3v) is 9.33. The van der Waals surface area contributed by atoms with E-state index in [4.69, 9.17) is 9.72 Å². The van der Waals surface area contributed by atoms with E-state index >= 15 is 0 Å². The standard InChI is InChI=1S/C38H29N2OS/c1-3-22-41-34-20-19-28(30-14-9-21-40(2)37(30)34)36-25-11-5-4-10-24(25)23-32-26-12-8-13-31(27(26)17-18-29(32)36)38-39-33-15-6-7-16-35(33)42-38/h4-21,23H,3,22H2,1-2H3/q+1. The fourth-order valence-corrected chi connectivity index (χ4v) is 7.38. The van der Waals surface area contributed by atoms with Crippen molar-refractivity contribution in [2.75, 3.05) is 6.61 Å². The maximum atomic E-state index is 6.22. The summed E-state index contributed by atoms with van der Waals surface area (Å²) in [5, 5.41) is 9.71. The minimum Gasteiger partial charge on any atom is -0.487 e. The smallest absolute Gasteiger partial charge is 0.255 e. The molecule has 0 saturated heterocycles. The summed E-state index contributed by atoms with van der Waals surface area (Å²) in [4.78, 5) is 5.00. The first-order valence-electron chi connectivity index (χ1n) is 14.5. The Kier molecular flexibility index (Phi) is 5.90. The van der Waals surface area contributed by atoms with Gasteiger partial charge >= 0.3 is 0 Å². The van der Waals surface area contributed by atoms with Gasteiger partial charge in [0.15, 0.2) is 11.9 Å². The van der Waals surface area contributed by atoms with Gasteiger partial charge in [-0.1, -0.05) is 73.7 Å². The van der Waals surface area contributed by atoms with Gasteiger partial charge in [-0.25, -0.2) is 4.98 Å². The second-order valence-corrected chi connectivity index (χ2v) is 11.9. The zero-order chi connectivity index (χ0) is 28.2. The molecule has 42 heavy (non-hydrogen) atoms. The largest absolute Gasteiger partial charge is 0.487 e. The summed E-state index contributed by atoms with van der Waals surface area (Å²) in [7, 11) is 2.10. The van der Waals surface area contributed by atoms with Gasteiger partial charge in [-0.3, -0.25) is 0 Å². The number of nitrogens with zero attached hydrogens (tertiary/aromatic N) is 2. The lowest BCUT2D eigenvalue weighted by Crippen LogP contribution is -2.28. The van der Waals surface area contributed by atoms with E-state index < -0.39 is 0 Å². The topological polar surface area (TPSA) is 26.0 Å². The number of pyridine rings is 1. The summed E-state index contributed by atoms with van der Waals surface area (Å²) in [5.41, 5.74) is 5.82. The van der Waals surface area contributed by atoms with Gasteiger partial charge in [0.1, 0.15) is 12.1 Å². The van der Waals surface area contributed by atoms with Crippen LogP contribution in [0.4, 0.5) is 0 Å². The molecular weight excluding hydrogens is 532 g/mol. The van der Waals surface area contributed by atoms with Crippen LogP contribution in [0.15, 0.2) is 115 Å². The van der Waals surface area contributed by atoms with Crippen molar-refractivity contribution in [3.8, 4) is 27.4 Å². The number of thiazole rings is 1. The van der Waals surface area contributed by atoms with Crippen LogP contribution in [0.1, 0.15) is 13.3 Å². The van der Waals surface area contributed by atoms with Crippen molar-refractivity contribution in [1.29, 1.82) is 0 Å². The van der Waals surface area contributed by atoms with Crippen LogP contribution in [0, 0.1) is 0 Å². The first kappa shape index (κ1) is 25.0.